The van der Waals surface area contributed by atoms with E-state index in [2.05, 4.69) is 24.8 Å². The topological polar surface area (TPSA) is 36.3 Å². The van der Waals surface area contributed by atoms with E-state index in [0.29, 0.717) is 5.92 Å². The molecule has 0 amide bonds. The van der Waals surface area contributed by atoms with Crippen molar-refractivity contribution in [3.63, 3.8) is 0 Å². The molecule has 0 spiro atoms. The van der Waals surface area contributed by atoms with Crippen LogP contribution in [0.5, 0.6) is 5.75 Å². The minimum absolute atomic E-state index is 0.0474. The first-order valence-electron chi connectivity index (χ1n) is 5.83. The molecule has 0 saturated carbocycles. The molecule has 0 saturated heterocycles. The summed E-state index contributed by atoms with van der Waals surface area (Å²) in [6.45, 7) is 4.89. The van der Waals surface area contributed by atoms with E-state index >= 15 is 0 Å². The molecule has 1 atom stereocenters. The number of anilines is 1. The molecule has 3 heteroatoms. The summed E-state index contributed by atoms with van der Waals surface area (Å²) in [5.74, 6) is 1.26. The van der Waals surface area contributed by atoms with Crippen molar-refractivity contribution in [1.29, 1.82) is 5.26 Å². The average Bonchev–Trinajstić information content (AvgIpc) is 2.35. The van der Waals surface area contributed by atoms with Gasteiger partial charge in [-0.1, -0.05) is 19.9 Å². The molecule has 0 aliphatic rings. The second-order valence-corrected chi connectivity index (χ2v) is 4.56. The minimum Gasteiger partial charge on any atom is -0.497 e. The Morgan fingerprint density at radius 3 is 2.65 bits per heavy atom. The van der Waals surface area contributed by atoms with Gasteiger partial charge in [0.1, 0.15) is 5.75 Å². The summed E-state index contributed by atoms with van der Waals surface area (Å²) in [7, 11) is 3.66. The minimum atomic E-state index is 0.0474. The van der Waals surface area contributed by atoms with Crippen LogP contribution in [-0.2, 0) is 0 Å². The van der Waals surface area contributed by atoms with Crippen LogP contribution >= 0.6 is 0 Å². The van der Waals surface area contributed by atoms with Crippen molar-refractivity contribution in [1.82, 2.24) is 0 Å². The van der Waals surface area contributed by atoms with Crippen molar-refractivity contribution < 1.29 is 4.74 Å². The van der Waals surface area contributed by atoms with Crippen LogP contribution in [0, 0.1) is 23.2 Å². The number of hydrogen-bond acceptors (Lipinski definition) is 3. The van der Waals surface area contributed by atoms with Gasteiger partial charge in [0.05, 0.1) is 19.1 Å². The molecule has 1 aromatic carbocycles. The zero-order valence-electron chi connectivity index (χ0n) is 11.0. The Morgan fingerprint density at radius 2 is 2.12 bits per heavy atom. The first kappa shape index (κ1) is 13.4. The third kappa shape index (κ3) is 3.67. The van der Waals surface area contributed by atoms with Gasteiger partial charge in [-0.05, 0) is 18.1 Å². The van der Waals surface area contributed by atoms with Crippen LogP contribution in [0.15, 0.2) is 24.3 Å². The van der Waals surface area contributed by atoms with E-state index in [0.717, 1.165) is 18.0 Å². The van der Waals surface area contributed by atoms with Crippen LogP contribution in [0.1, 0.15) is 13.8 Å². The predicted octanol–water partition coefficient (Wildman–Crippen LogP) is 2.93. The number of hydrogen-bond donors (Lipinski definition) is 0. The fourth-order valence-electron chi connectivity index (χ4n) is 1.65. The lowest BCUT2D eigenvalue weighted by Crippen LogP contribution is -2.27. The van der Waals surface area contributed by atoms with Gasteiger partial charge in [-0.2, -0.15) is 5.26 Å². The summed E-state index contributed by atoms with van der Waals surface area (Å²) in [5, 5.41) is 9.09. The van der Waals surface area contributed by atoms with E-state index in [4.69, 9.17) is 10.00 Å². The lowest BCUT2D eigenvalue weighted by molar-refractivity contribution is 0.414. The Hall–Kier alpha value is -1.69. The Balaban J connectivity index is 2.75. The molecular formula is C14H20N2O. The molecule has 0 bridgehead atoms. The SMILES string of the molecule is COc1cccc(N(C)CC(C#N)C(C)C)c1. The highest BCUT2D eigenvalue weighted by molar-refractivity contribution is 5.50. The normalized spacial score (nSPS) is 12.0. The van der Waals surface area contributed by atoms with Gasteiger partial charge in [0.15, 0.2) is 0 Å². The Bertz CT molecular complexity index is 395. The quantitative estimate of drug-likeness (QED) is 0.783. The molecule has 0 aliphatic heterocycles. The largest absolute Gasteiger partial charge is 0.497 e. The second-order valence-electron chi connectivity index (χ2n) is 4.56. The van der Waals surface area contributed by atoms with Crippen LogP contribution in [0.2, 0.25) is 0 Å². The highest BCUT2D eigenvalue weighted by Gasteiger charge is 2.15. The van der Waals surface area contributed by atoms with Gasteiger partial charge in [-0.15, -0.1) is 0 Å². The molecular weight excluding hydrogens is 212 g/mol. The summed E-state index contributed by atoms with van der Waals surface area (Å²) in [5.41, 5.74) is 1.07. The van der Waals surface area contributed by atoms with Gasteiger partial charge in [0, 0.05) is 25.3 Å². The number of nitrogens with zero attached hydrogens (tertiary/aromatic N) is 2. The number of rotatable bonds is 5. The standard InChI is InChI=1S/C14H20N2O/c1-11(2)12(9-15)10-16(3)13-6-5-7-14(8-13)17-4/h5-8,11-12H,10H2,1-4H3. The molecule has 0 heterocycles. The van der Waals surface area contributed by atoms with E-state index in [1.807, 2.05) is 31.3 Å². The van der Waals surface area contributed by atoms with Crippen molar-refractivity contribution >= 4 is 5.69 Å². The Kier molecular flexibility index (Phi) is 4.84. The van der Waals surface area contributed by atoms with Crippen LogP contribution in [0.4, 0.5) is 5.69 Å². The van der Waals surface area contributed by atoms with Gasteiger partial charge < -0.3 is 9.64 Å². The second kappa shape index (κ2) is 6.15. The molecule has 0 radical (unpaired) electrons. The van der Waals surface area contributed by atoms with Crippen molar-refractivity contribution in [3.8, 4) is 11.8 Å². The number of ether oxygens (including phenoxy) is 1. The van der Waals surface area contributed by atoms with Crippen molar-refractivity contribution in [2.24, 2.45) is 11.8 Å². The van der Waals surface area contributed by atoms with Crippen molar-refractivity contribution in [3.05, 3.63) is 24.3 Å². The van der Waals surface area contributed by atoms with Crippen molar-refractivity contribution in [2.45, 2.75) is 13.8 Å². The molecule has 0 fully saturated rings. The van der Waals surface area contributed by atoms with Crippen LogP contribution in [0.3, 0.4) is 0 Å². The summed E-state index contributed by atoms with van der Waals surface area (Å²) in [6, 6.07) is 10.2. The molecule has 3 nitrogen and oxygen atoms in total. The van der Waals surface area contributed by atoms with Gasteiger partial charge in [0.2, 0.25) is 0 Å². The highest BCUT2D eigenvalue weighted by atomic mass is 16.5. The summed E-state index contributed by atoms with van der Waals surface area (Å²) >= 11 is 0. The summed E-state index contributed by atoms with van der Waals surface area (Å²) < 4.78 is 5.19. The molecule has 1 rings (SSSR count). The molecule has 92 valence electrons. The molecule has 1 unspecified atom stereocenters. The lowest BCUT2D eigenvalue weighted by Gasteiger charge is -2.24. The molecule has 0 N–H and O–H groups in total. The van der Waals surface area contributed by atoms with E-state index < -0.39 is 0 Å². The number of methoxy groups -OCH3 is 1. The fourth-order valence-corrected chi connectivity index (χ4v) is 1.65. The average molecular weight is 232 g/mol. The number of nitriles is 1. The first-order chi connectivity index (χ1) is 8.08. The Morgan fingerprint density at radius 1 is 1.41 bits per heavy atom. The van der Waals surface area contributed by atoms with Crippen LogP contribution in [-0.4, -0.2) is 20.7 Å². The highest BCUT2D eigenvalue weighted by Crippen LogP contribution is 2.22. The third-order valence-corrected chi connectivity index (χ3v) is 2.94. The fraction of sp³-hybridized carbons (Fsp3) is 0.500. The maximum absolute atomic E-state index is 9.09. The van der Waals surface area contributed by atoms with E-state index in [1.165, 1.54) is 0 Å². The maximum atomic E-state index is 9.09. The summed E-state index contributed by atoms with van der Waals surface area (Å²) in [4.78, 5) is 2.09. The van der Waals surface area contributed by atoms with Crippen molar-refractivity contribution in [2.75, 3.05) is 25.6 Å². The van der Waals surface area contributed by atoms with Crippen LogP contribution in [0.25, 0.3) is 0 Å². The molecule has 1 aromatic rings. The predicted molar refractivity (Wildman–Crippen MR) is 70.2 cm³/mol. The maximum Gasteiger partial charge on any atom is 0.120 e. The van der Waals surface area contributed by atoms with Gasteiger partial charge in [0.25, 0.3) is 0 Å². The lowest BCUT2D eigenvalue weighted by atomic mass is 9.97. The summed E-state index contributed by atoms with van der Waals surface area (Å²) in [6.07, 6.45) is 0. The zero-order chi connectivity index (χ0) is 12.8. The Labute approximate surface area is 104 Å². The van der Waals surface area contributed by atoms with Gasteiger partial charge in [-0.25, -0.2) is 0 Å². The van der Waals surface area contributed by atoms with E-state index in [-0.39, 0.29) is 5.92 Å². The molecule has 0 aromatic heterocycles. The number of benzene rings is 1. The first-order valence-corrected chi connectivity index (χ1v) is 5.83. The van der Waals surface area contributed by atoms with Crippen LogP contribution < -0.4 is 9.64 Å². The zero-order valence-corrected chi connectivity index (χ0v) is 11.0. The molecule has 0 aliphatic carbocycles. The third-order valence-electron chi connectivity index (χ3n) is 2.94. The monoisotopic (exact) mass is 232 g/mol. The van der Waals surface area contributed by atoms with E-state index in [9.17, 15) is 0 Å². The molecule has 17 heavy (non-hydrogen) atoms. The van der Waals surface area contributed by atoms with Gasteiger partial charge >= 0.3 is 0 Å². The smallest absolute Gasteiger partial charge is 0.120 e. The van der Waals surface area contributed by atoms with Gasteiger partial charge in [-0.3, -0.25) is 0 Å². The van der Waals surface area contributed by atoms with E-state index in [1.54, 1.807) is 7.11 Å².